The van der Waals surface area contributed by atoms with Gasteiger partial charge in [0.05, 0.1) is 12.7 Å². The Labute approximate surface area is 142 Å². The minimum Gasteiger partial charge on any atom is -0.341 e. The van der Waals surface area contributed by atoms with Gasteiger partial charge in [-0.3, -0.25) is 16.1 Å². The molecule has 0 unspecified atom stereocenters. The van der Waals surface area contributed by atoms with Crippen LogP contribution >= 0.6 is 23.2 Å². The molecule has 0 amide bonds. The molecule has 0 bridgehead atoms. The number of imidazole rings is 2. The second kappa shape index (κ2) is 6.76. The molecule has 7 N–H and O–H groups in total. The number of hydrazine groups is 1. The zero-order valence-electron chi connectivity index (χ0n) is 11.6. The SMILES string of the molecule is Clc1nc(Cl)c2[nH]cnc2n1.NNc1nc(NO)c2[nH]cnc2n1. The van der Waals surface area contributed by atoms with Crippen molar-refractivity contribution in [2.45, 2.75) is 0 Å². The van der Waals surface area contributed by atoms with E-state index in [1.807, 2.05) is 5.48 Å². The highest BCUT2D eigenvalue weighted by atomic mass is 35.5. The molecule has 0 saturated heterocycles. The van der Waals surface area contributed by atoms with Gasteiger partial charge >= 0.3 is 0 Å². The van der Waals surface area contributed by atoms with Gasteiger partial charge in [0.1, 0.15) is 11.0 Å². The van der Waals surface area contributed by atoms with Gasteiger partial charge in [-0.05, 0) is 11.6 Å². The molecule has 4 heterocycles. The van der Waals surface area contributed by atoms with Gasteiger partial charge in [0.25, 0.3) is 0 Å². The highest BCUT2D eigenvalue weighted by Crippen LogP contribution is 2.18. The van der Waals surface area contributed by atoms with Crippen molar-refractivity contribution in [2.24, 2.45) is 5.84 Å². The molecule has 14 heteroatoms. The maximum Gasteiger partial charge on any atom is 0.241 e. The molecule has 0 aliphatic carbocycles. The quantitative estimate of drug-likeness (QED) is 0.129. The van der Waals surface area contributed by atoms with Crippen LogP contribution in [0.25, 0.3) is 22.3 Å². The summed E-state index contributed by atoms with van der Waals surface area (Å²) in [5, 5.41) is 9.11. The van der Waals surface area contributed by atoms with Crippen LogP contribution in [0.2, 0.25) is 10.4 Å². The molecule has 0 radical (unpaired) electrons. The third-order valence-corrected chi connectivity index (χ3v) is 3.18. The van der Waals surface area contributed by atoms with Crippen LogP contribution in [0.3, 0.4) is 0 Å². The Kier molecular flexibility index (Phi) is 4.52. The van der Waals surface area contributed by atoms with Crippen LogP contribution in [-0.2, 0) is 0 Å². The number of anilines is 2. The van der Waals surface area contributed by atoms with E-state index in [0.29, 0.717) is 22.3 Å². The summed E-state index contributed by atoms with van der Waals surface area (Å²) in [7, 11) is 0. The minimum absolute atomic E-state index is 0.106. The van der Waals surface area contributed by atoms with Crippen molar-refractivity contribution in [1.82, 2.24) is 39.9 Å². The van der Waals surface area contributed by atoms with Crippen molar-refractivity contribution in [3.63, 3.8) is 0 Å². The molecule has 24 heavy (non-hydrogen) atoms. The van der Waals surface area contributed by atoms with Gasteiger partial charge in [0, 0.05) is 0 Å². The first kappa shape index (κ1) is 16.1. The average molecular weight is 370 g/mol. The van der Waals surface area contributed by atoms with Gasteiger partial charge in [0.15, 0.2) is 22.3 Å². The van der Waals surface area contributed by atoms with E-state index < -0.39 is 0 Å². The van der Waals surface area contributed by atoms with Crippen molar-refractivity contribution < 1.29 is 5.21 Å². The highest BCUT2D eigenvalue weighted by Gasteiger charge is 2.07. The lowest BCUT2D eigenvalue weighted by molar-refractivity contribution is 0.387. The molecule has 0 saturated carbocycles. The first-order chi connectivity index (χ1) is 11.6. The van der Waals surface area contributed by atoms with E-state index in [1.165, 1.54) is 12.7 Å². The Hall–Kier alpha value is -2.80. The molecule has 0 atom stereocenters. The molecule has 4 aromatic heterocycles. The maximum atomic E-state index is 8.72. The Morgan fingerprint density at radius 3 is 2.29 bits per heavy atom. The predicted octanol–water partition coefficient (Wildman–Crippen LogP) is 1.10. The molecule has 0 spiro atoms. The summed E-state index contributed by atoms with van der Waals surface area (Å²) < 4.78 is 0. The largest absolute Gasteiger partial charge is 0.341 e. The summed E-state index contributed by atoms with van der Waals surface area (Å²) in [6.07, 6.45) is 2.93. The van der Waals surface area contributed by atoms with Gasteiger partial charge in [-0.15, -0.1) is 0 Å². The lowest BCUT2D eigenvalue weighted by Crippen LogP contribution is -2.11. The Morgan fingerprint density at radius 1 is 0.958 bits per heavy atom. The number of fused-ring (bicyclic) bond motifs is 2. The van der Waals surface area contributed by atoms with Crippen molar-refractivity contribution in [3.8, 4) is 0 Å². The molecule has 0 aromatic carbocycles. The average Bonchev–Trinajstić information content (AvgIpc) is 3.22. The second-order valence-corrected chi connectivity index (χ2v) is 4.83. The summed E-state index contributed by atoms with van der Waals surface area (Å²) in [6.45, 7) is 0. The summed E-state index contributed by atoms with van der Waals surface area (Å²) in [4.78, 5) is 28.6. The maximum absolute atomic E-state index is 8.72. The lowest BCUT2D eigenvalue weighted by Gasteiger charge is -2.01. The van der Waals surface area contributed by atoms with Gasteiger partial charge in [0.2, 0.25) is 11.2 Å². The topological polar surface area (TPSA) is 179 Å². The summed E-state index contributed by atoms with van der Waals surface area (Å²) >= 11 is 11.2. The monoisotopic (exact) mass is 369 g/mol. The number of nitrogen functional groups attached to an aromatic ring is 1. The van der Waals surface area contributed by atoms with Gasteiger partial charge in [-0.1, -0.05) is 11.6 Å². The molecule has 12 nitrogen and oxygen atoms in total. The molecular formula is C10H9Cl2N11O. The number of aromatic nitrogens is 8. The minimum atomic E-state index is 0.106. The standard InChI is InChI=1S/C5H2Cl2N4.C5H7N7O/c6-3-2-4(9-1-8-2)11-5(7)10-3;6-11-5-9-3-2(7-1-8-3)4(10-5)12-13/h1H,(H,8,9,10,11);1,13H,6H2,(H3,7,8,9,10,11,12). The number of hydrogen-bond donors (Lipinski definition) is 6. The predicted molar refractivity (Wildman–Crippen MR) is 86.6 cm³/mol. The molecule has 0 aliphatic rings. The van der Waals surface area contributed by atoms with E-state index >= 15 is 0 Å². The number of H-pyrrole nitrogens is 2. The Bertz CT molecular complexity index is 983. The van der Waals surface area contributed by atoms with Crippen LogP contribution in [0.15, 0.2) is 12.7 Å². The third-order valence-electron chi connectivity index (χ3n) is 2.73. The number of halogens is 2. The fourth-order valence-corrected chi connectivity index (χ4v) is 2.18. The zero-order valence-corrected chi connectivity index (χ0v) is 13.1. The van der Waals surface area contributed by atoms with Crippen molar-refractivity contribution in [1.29, 1.82) is 0 Å². The summed E-state index contributed by atoms with van der Waals surface area (Å²) in [6, 6.07) is 0. The van der Waals surface area contributed by atoms with Crippen molar-refractivity contribution >= 4 is 57.3 Å². The molecule has 4 aromatic rings. The van der Waals surface area contributed by atoms with Gasteiger partial charge in [-0.25, -0.2) is 20.8 Å². The third kappa shape index (κ3) is 3.11. The van der Waals surface area contributed by atoms with E-state index in [2.05, 4.69) is 45.3 Å². The van der Waals surface area contributed by atoms with E-state index in [4.69, 9.17) is 34.3 Å². The highest BCUT2D eigenvalue weighted by molar-refractivity contribution is 6.35. The molecule has 0 aliphatic heterocycles. The summed E-state index contributed by atoms with van der Waals surface area (Å²) in [5.74, 6) is 5.51. The van der Waals surface area contributed by atoms with Crippen LogP contribution < -0.4 is 16.7 Å². The Morgan fingerprint density at radius 2 is 1.62 bits per heavy atom. The van der Waals surface area contributed by atoms with Crippen LogP contribution in [0.4, 0.5) is 11.8 Å². The molecule has 124 valence electrons. The van der Waals surface area contributed by atoms with Crippen LogP contribution in [0, 0.1) is 0 Å². The first-order valence-electron chi connectivity index (χ1n) is 6.22. The number of nitrogens with two attached hydrogens (primary N) is 1. The number of nitrogens with zero attached hydrogens (tertiary/aromatic N) is 6. The summed E-state index contributed by atoms with van der Waals surface area (Å²) in [5.41, 5.74) is 6.19. The van der Waals surface area contributed by atoms with E-state index in [-0.39, 0.29) is 22.2 Å². The second-order valence-electron chi connectivity index (χ2n) is 4.14. The van der Waals surface area contributed by atoms with Crippen molar-refractivity contribution in [2.75, 3.05) is 10.9 Å². The fraction of sp³-hybridized carbons (Fsp3) is 0. The van der Waals surface area contributed by atoms with Crippen LogP contribution in [0.5, 0.6) is 0 Å². The zero-order chi connectivity index (χ0) is 17.1. The van der Waals surface area contributed by atoms with Crippen molar-refractivity contribution in [3.05, 3.63) is 23.1 Å². The number of rotatable bonds is 2. The fourth-order valence-electron chi connectivity index (χ4n) is 1.75. The van der Waals surface area contributed by atoms with Crippen LogP contribution in [0.1, 0.15) is 0 Å². The number of nitrogens with one attached hydrogen (secondary N) is 4. The number of hydrogen-bond acceptors (Lipinski definition) is 10. The lowest BCUT2D eigenvalue weighted by atomic mass is 10.5. The Balaban J connectivity index is 0.000000143. The molecular weight excluding hydrogens is 361 g/mol. The van der Waals surface area contributed by atoms with E-state index in [9.17, 15) is 0 Å². The number of aromatic amines is 2. The van der Waals surface area contributed by atoms with E-state index in [1.54, 1.807) is 0 Å². The normalized spacial score (nSPS) is 10.5. The molecule has 0 fully saturated rings. The van der Waals surface area contributed by atoms with E-state index in [0.717, 1.165) is 0 Å². The molecule has 4 rings (SSSR count). The smallest absolute Gasteiger partial charge is 0.241 e. The van der Waals surface area contributed by atoms with Gasteiger partial charge < -0.3 is 9.97 Å². The van der Waals surface area contributed by atoms with Gasteiger partial charge in [-0.2, -0.15) is 15.0 Å². The first-order valence-corrected chi connectivity index (χ1v) is 6.98. The van der Waals surface area contributed by atoms with Crippen LogP contribution in [-0.4, -0.2) is 45.1 Å².